The number of amides is 2. The van der Waals surface area contributed by atoms with E-state index in [9.17, 15) is 14.4 Å². The molecule has 3 fully saturated rings. The Morgan fingerprint density at radius 3 is 2.79 bits per heavy atom. The molecule has 3 aliphatic rings. The third-order valence-corrected chi connectivity index (χ3v) is 8.04. The third-order valence-electron chi connectivity index (χ3n) is 8.04. The first-order valence-electron chi connectivity index (χ1n) is 11.9. The summed E-state index contributed by atoms with van der Waals surface area (Å²) in [5, 5.41) is 1.81. The van der Waals surface area contributed by atoms with Crippen molar-refractivity contribution >= 4 is 33.8 Å². The zero-order valence-corrected chi connectivity index (χ0v) is 19.1. The molecule has 2 aromatic heterocycles. The molecule has 5 heterocycles. The van der Waals surface area contributed by atoms with E-state index in [-0.39, 0.29) is 24.3 Å². The number of hydrogen-bond donors (Lipinski definition) is 0. The maximum Gasteiger partial charge on any atom is 0.340 e. The number of furan rings is 1. The molecule has 3 saturated heterocycles. The van der Waals surface area contributed by atoms with E-state index in [1.165, 1.54) is 0 Å². The van der Waals surface area contributed by atoms with Crippen LogP contribution >= 0.6 is 0 Å². The van der Waals surface area contributed by atoms with Crippen LogP contribution in [0.1, 0.15) is 42.4 Å². The second kappa shape index (κ2) is 7.47. The van der Waals surface area contributed by atoms with Gasteiger partial charge < -0.3 is 18.6 Å². The minimum atomic E-state index is -0.461. The van der Waals surface area contributed by atoms with Crippen LogP contribution in [0.25, 0.3) is 21.9 Å². The number of likely N-dealkylation sites (tertiary alicyclic amines) is 1. The first-order valence-corrected chi connectivity index (χ1v) is 11.9. The molecule has 6 rings (SSSR count). The van der Waals surface area contributed by atoms with Crippen LogP contribution in [0.4, 0.5) is 0 Å². The van der Waals surface area contributed by atoms with Gasteiger partial charge in [-0.05, 0) is 62.1 Å². The number of hydrogen-bond acceptors (Lipinski definition) is 5. The van der Waals surface area contributed by atoms with Gasteiger partial charge in [0.1, 0.15) is 11.2 Å². The Hall–Kier alpha value is -3.09. The van der Waals surface area contributed by atoms with Gasteiger partial charge in [-0.15, -0.1) is 0 Å². The Balaban J connectivity index is 1.28. The number of aryl methyl sites for hydroxylation is 2. The lowest BCUT2D eigenvalue weighted by Crippen LogP contribution is -2.61. The van der Waals surface area contributed by atoms with Gasteiger partial charge in [0.05, 0.1) is 18.2 Å². The lowest BCUT2D eigenvalue weighted by molar-refractivity contribution is -0.148. The molecule has 3 atom stereocenters. The molecule has 0 saturated carbocycles. The van der Waals surface area contributed by atoms with E-state index in [1.807, 2.05) is 24.8 Å². The third kappa shape index (κ3) is 3.28. The summed E-state index contributed by atoms with van der Waals surface area (Å²) >= 11 is 0. The molecule has 172 valence electrons. The van der Waals surface area contributed by atoms with Crippen molar-refractivity contribution < 1.29 is 18.4 Å². The smallest absolute Gasteiger partial charge is 0.340 e. The Morgan fingerprint density at radius 1 is 1.09 bits per heavy atom. The average Bonchev–Trinajstić information content (AvgIpc) is 3.15. The molecule has 0 radical (unpaired) electrons. The second-order valence-electron chi connectivity index (χ2n) is 10.1. The Morgan fingerprint density at radius 2 is 1.94 bits per heavy atom. The number of nitrogens with zero attached hydrogens (tertiary/aromatic N) is 2. The minimum absolute atomic E-state index is 0.0318. The molecular weight excluding hydrogens is 420 g/mol. The average molecular weight is 449 g/mol. The summed E-state index contributed by atoms with van der Waals surface area (Å²) in [7, 11) is 0. The fourth-order valence-corrected chi connectivity index (χ4v) is 6.32. The van der Waals surface area contributed by atoms with Gasteiger partial charge in [0, 0.05) is 48.9 Å². The standard InChI is InChI=1S/C26H28N2O5/c1-14-13-32-22-9-23-19(7-18(14)22)15(2)20(26(31)33-23)8-25(30)27-10-16-6-17(12-27)21-4-3-5-24(29)28(21)11-16/h7,9,13,16-17,21H,3-6,8,10-12H2,1-2H3/t16-,17+,21+/m1/s1. The van der Waals surface area contributed by atoms with E-state index in [0.29, 0.717) is 48.1 Å². The first kappa shape index (κ1) is 20.5. The molecule has 0 unspecified atom stereocenters. The van der Waals surface area contributed by atoms with Gasteiger partial charge in [-0.2, -0.15) is 0 Å². The molecule has 33 heavy (non-hydrogen) atoms. The molecule has 2 amide bonds. The summed E-state index contributed by atoms with van der Waals surface area (Å²) in [5.41, 5.74) is 2.94. The van der Waals surface area contributed by atoms with Gasteiger partial charge in [-0.25, -0.2) is 4.79 Å². The molecule has 0 spiro atoms. The van der Waals surface area contributed by atoms with E-state index >= 15 is 0 Å². The van der Waals surface area contributed by atoms with Crippen LogP contribution in [0.2, 0.25) is 0 Å². The van der Waals surface area contributed by atoms with E-state index in [4.69, 9.17) is 8.83 Å². The molecule has 3 aromatic rings. The number of carbonyl (C=O) groups is 2. The fourth-order valence-electron chi connectivity index (χ4n) is 6.32. The highest BCUT2D eigenvalue weighted by Crippen LogP contribution is 2.38. The normalized spacial score (nSPS) is 25.0. The molecule has 1 aromatic carbocycles. The van der Waals surface area contributed by atoms with Gasteiger partial charge in [0.25, 0.3) is 0 Å². The summed E-state index contributed by atoms with van der Waals surface area (Å²) in [6, 6.07) is 3.99. The quantitative estimate of drug-likeness (QED) is 0.560. The van der Waals surface area contributed by atoms with Crippen molar-refractivity contribution in [2.24, 2.45) is 11.8 Å². The lowest BCUT2D eigenvalue weighted by Gasteiger charge is -2.52. The van der Waals surface area contributed by atoms with Gasteiger partial charge in [0.15, 0.2) is 0 Å². The topological polar surface area (TPSA) is 84.0 Å². The SMILES string of the molecule is Cc1coc2cc3oc(=O)c(CC(=O)N4C[C@H]5C[C@@H](C4)[C@@H]4CCCC(=O)N4C5)c(C)c3cc12. The van der Waals surface area contributed by atoms with Crippen LogP contribution in [0, 0.1) is 25.7 Å². The second-order valence-corrected chi connectivity index (χ2v) is 10.1. The van der Waals surface area contributed by atoms with Crippen LogP contribution in [0.5, 0.6) is 0 Å². The van der Waals surface area contributed by atoms with Gasteiger partial charge >= 0.3 is 5.63 Å². The van der Waals surface area contributed by atoms with Crippen molar-refractivity contribution in [2.75, 3.05) is 19.6 Å². The number of fused-ring (bicyclic) bond motifs is 6. The van der Waals surface area contributed by atoms with Crippen molar-refractivity contribution in [3.05, 3.63) is 45.5 Å². The number of rotatable bonds is 2. The molecule has 7 heteroatoms. The number of piperidine rings is 3. The van der Waals surface area contributed by atoms with Crippen molar-refractivity contribution in [1.29, 1.82) is 0 Å². The highest BCUT2D eigenvalue weighted by Gasteiger charge is 2.44. The van der Waals surface area contributed by atoms with Crippen molar-refractivity contribution in [2.45, 2.75) is 52.0 Å². The van der Waals surface area contributed by atoms with Gasteiger partial charge in [-0.3, -0.25) is 9.59 Å². The van der Waals surface area contributed by atoms with E-state index < -0.39 is 5.63 Å². The summed E-state index contributed by atoms with van der Waals surface area (Å²) in [4.78, 5) is 42.5. The summed E-state index contributed by atoms with van der Waals surface area (Å²) in [6.07, 6.45) is 5.43. The van der Waals surface area contributed by atoms with Crippen molar-refractivity contribution in [1.82, 2.24) is 9.80 Å². The predicted molar refractivity (Wildman–Crippen MR) is 123 cm³/mol. The molecule has 7 nitrogen and oxygen atoms in total. The summed E-state index contributed by atoms with van der Waals surface area (Å²) in [5.74, 6) is 0.886. The van der Waals surface area contributed by atoms with E-state index in [0.717, 1.165) is 47.7 Å². The predicted octanol–water partition coefficient (Wildman–Crippen LogP) is 3.56. The zero-order valence-electron chi connectivity index (χ0n) is 19.1. The monoisotopic (exact) mass is 448 g/mol. The molecule has 0 aliphatic carbocycles. The van der Waals surface area contributed by atoms with Crippen LogP contribution in [-0.2, 0) is 16.0 Å². The number of benzene rings is 1. The molecule has 2 bridgehead atoms. The number of carbonyl (C=O) groups excluding carboxylic acids is 2. The van der Waals surface area contributed by atoms with Gasteiger partial charge in [0.2, 0.25) is 11.8 Å². The maximum absolute atomic E-state index is 13.3. The first-order chi connectivity index (χ1) is 15.9. The van der Waals surface area contributed by atoms with E-state index in [1.54, 1.807) is 12.3 Å². The maximum atomic E-state index is 13.3. The molecule has 0 N–H and O–H groups in total. The van der Waals surface area contributed by atoms with Gasteiger partial charge in [-0.1, -0.05) is 0 Å². The summed E-state index contributed by atoms with van der Waals surface area (Å²) in [6.45, 7) is 5.93. The van der Waals surface area contributed by atoms with Crippen molar-refractivity contribution in [3.8, 4) is 0 Å². The Labute approximate surface area is 191 Å². The van der Waals surface area contributed by atoms with E-state index in [2.05, 4.69) is 4.90 Å². The molecule has 3 aliphatic heterocycles. The van der Waals surface area contributed by atoms with Crippen LogP contribution in [0.15, 0.2) is 32.0 Å². The zero-order chi connectivity index (χ0) is 22.9. The largest absolute Gasteiger partial charge is 0.464 e. The molecular formula is C26H28N2O5. The highest BCUT2D eigenvalue weighted by molar-refractivity contribution is 5.96. The van der Waals surface area contributed by atoms with Crippen molar-refractivity contribution in [3.63, 3.8) is 0 Å². The van der Waals surface area contributed by atoms with Crippen LogP contribution < -0.4 is 5.63 Å². The van der Waals surface area contributed by atoms with Crippen LogP contribution in [-0.4, -0.2) is 47.3 Å². The highest BCUT2D eigenvalue weighted by atomic mass is 16.4. The lowest BCUT2D eigenvalue weighted by atomic mass is 9.76. The summed E-state index contributed by atoms with van der Waals surface area (Å²) < 4.78 is 11.1. The fraction of sp³-hybridized carbons (Fsp3) is 0.500. The minimum Gasteiger partial charge on any atom is -0.464 e. The Kier molecular flexibility index (Phi) is 4.64. The Bertz CT molecular complexity index is 1350. The van der Waals surface area contributed by atoms with Crippen LogP contribution in [0.3, 0.4) is 0 Å².